The van der Waals surface area contributed by atoms with Crippen LogP contribution in [0.15, 0.2) is 90.0 Å². The maximum atomic E-state index is 14.1. The van der Waals surface area contributed by atoms with Gasteiger partial charge in [0.25, 0.3) is 5.91 Å². The van der Waals surface area contributed by atoms with E-state index in [4.69, 9.17) is 20.7 Å². The van der Waals surface area contributed by atoms with Crippen molar-refractivity contribution in [3.8, 4) is 0 Å². The first-order chi connectivity index (χ1) is 26.9. The summed E-state index contributed by atoms with van der Waals surface area (Å²) in [7, 11) is 0. The number of amides is 3. The first kappa shape index (κ1) is 43.3. The Labute approximate surface area is 330 Å². The molecule has 1 aliphatic rings. The summed E-state index contributed by atoms with van der Waals surface area (Å²) in [6.45, 7) is 9.60. The van der Waals surface area contributed by atoms with Crippen molar-refractivity contribution in [2.24, 2.45) is 22.8 Å². The molecule has 13 heteroatoms. The molecule has 3 amide bonds. The molecular weight excluding hydrogens is 711 g/mol. The molecule has 3 aromatic carbocycles. The van der Waals surface area contributed by atoms with Gasteiger partial charge in [-0.05, 0) is 60.8 Å². The molecule has 13 nitrogen and oxygen atoms in total. The molecule has 0 unspecified atom stereocenters. The maximum absolute atomic E-state index is 14.1. The number of hydrazone groups is 1. The number of morpholine rings is 1. The highest BCUT2D eigenvalue weighted by atomic mass is 16.6. The maximum Gasteiger partial charge on any atom is 0.342 e. The van der Waals surface area contributed by atoms with Gasteiger partial charge in [0.15, 0.2) is 6.54 Å². The summed E-state index contributed by atoms with van der Waals surface area (Å²) in [6, 6.07) is 24.2. The summed E-state index contributed by atoms with van der Waals surface area (Å²) in [5.41, 5.74) is 3.26. The highest BCUT2D eigenvalue weighted by Gasteiger charge is 2.36. The Kier molecular flexibility index (Phi) is 16.7. The van der Waals surface area contributed by atoms with Crippen LogP contribution in [0.4, 0.5) is 0 Å². The average molecular weight is 769 g/mol. The molecule has 0 saturated carbocycles. The average Bonchev–Trinajstić information content (AvgIpc) is 3.19. The molecule has 4 rings (SSSR count). The molecule has 0 aliphatic carbocycles. The van der Waals surface area contributed by atoms with E-state index in [0.717, 1.165) is 17.3 Å². The Morgan fingerprint density at radius 1 is 0.821 bits per heavy atom. The molecule has 0 spiro atoms. The summed E-state index contributed by atoms with van der Waals surface area (Å²) in [5.74, 6) is 3.97. The van der Waals surface area contributed by atoms with Crippen LogP contribution in [0.3, 0.4) is 0 Å². The molecule has 300 valence electrons. The van der Waals surface area contributed by atoms with Crippen molar-refractivity contribution < 1.29 is 33.1 Å². The number of esters is 1. The van der Waals surface area contributed by atoms with Gasteiger partial charge in [-0.2, -0.15) is 5.10 Å². The standard InChI is InChI=1S/C43H57N7O6/c1-30(2)25-38(42(53)47-37(31(3)4)26-33-13-9-6-10-14-33)48-41(52)36(20-15-32-11-7-5-8-12-32)46-40(51)28-50(21-23-55-24-22-50)29-56-43(54)35-18-16-34(17-19-35)39(27-44)49-45/h5-14,16-19,27,30-31,36-38H,15,20-26,28-29H2,1-4H3,(H5-,44,45,46,47,48,51,52,53,54)/p+1/t36-,37-,38-/m0/s1. The zero-order chi connectivity index (χ0) is 40.5. The summed E-state index contributed by atoms with van der Waals surface area (Å²) in [5, 5.41) is 20.2. The molecule has 0 bridgehead atoms. The minimum atomic E-state index is -0.930. The highest BCUT2D eigenvalue weighted by Crippen LogP contribution is 2.16. The van der Waals surface area contributed by atoms with Crippen molar-refractivity contribution in [3.05, 3.63) is 107 Å². The van der Waals surface area contributed by atoms with E-state index in [1.165, 1.54) is 0 Å². The number of ether oxygens (including phenoxy) is 2. The summed E-state index contributed by atoms with van der Waals surface area (Å²) in [4.78, 5) is 55.0. The fraction of sp³-hybridized carbons (Fsp3) is 0.442. The Balaban J connectivity index is 1.47. The van der Waals surface area contributed by atoms with Crippen molar-refractivity contribution >= 4 is 35.6 Å². The van der Waals surface area contributed by atoms with E-state index in [-0.39, 0.29) is 53.2 Å². The van der Waals surface area contributed by atoms with Crippen molar-refractivity contribution in [2.75, 3.05) is 39.6 Å². The van der Waals surface area contributed by atoms with Crippen molar-refractivity contribution in [1.29, 1.82) is 5.41 Å². The van der Waals surface area contributed by atoms with Crippen LogP contribution < -0.4 is 21.8 Å². The van der Waals surface area contributed by atoms with Crippen molar-refractivity contribution in [1.82, 2.24) is 16.0 Å². The number of hydrogen-bond donors (Lipinski definition) is 5. The lowest BCUT2D eigenvalue weighted by atomic mass is 9.95. The topological polar surface area (TPSA) is 185 Å². The Morgan fingerprint density at radius 3 is 1.98 bits per heavy atom. The van der Waals surface area contributed by atoms with Gasteiger partial charge >= 0.3 is 5.97 Å². The third kappa shape index (κ3) is 13.4. The quantitative estimate of drug-likeness (QED) is 0.0378. The highest BCUT2D eigenvalue weighted by molar-refractivity contribution is 6.37. The second-order valence-corrected chi connectivity index (χ2v) is 15.2. The van der Waals surface area contributed by atoms with Crippen LogP contribution in [0.1, 0.15) is 67.6 Å². The van der Waals surface area contributed by atoms with Gasteiger partial charge in [-0.25, -0.2) is 4.79 Å². The molecule has 3 aromatic rings. The molecule has 0 aromatic heterocycles. The summed E-state index contributed by atoms with van der Waals surface area (Å²) in [6.07, 6.45) is 2.94. The number of carbonyl (C=O) groups excluding carboxylic acids is 4. The molecule has 1 fully saturated rings. The second-order valence-electron chi connectivity index (χ2n) is 15.2. The number of carbonyl (C=O) groups is 4. The number of nitrogens with zero attached hydrogens (tertiary/aromatic N) is 2. The number of rotatable bonds is 20. The normalized spacial score (nSPS) is 15.6. The largest absolute Gasteiger partial charge is 0.411 e. The SMILES string of the molecule is CC(C)C[C@H](NC(=O)[C@H](CCc1ccccc1)NC(=O)C[N+]1(COC(=O)c2ccc(C(C=N)=NN)cc2)CCOCC1)C(=O)N[C@@H](Cc1ccccc1)C(C)C. The van der Waals surface area contributed by atoms with E-state index in [0.29, 0.717) is 63.1 Å². The molecule has 1 saturated heterocycles. The number of benzene rings is 3. The van der Waals surface area contributed by atoms with Crippen LogP contribution >= 0.6 is 0 Å². The zero-order valence-corrected chi connectivity index (χ0v) is 33.0. The smallest absolute Gasteiger partial charge is 0.342 e. The second kappa shape index (κ2) is 21.6. The Hall–Kier alpha value is -5.40. The first-order valence-electron chi connectivity index (χ1n) is 19.4. The van der Waals surface area contributed by atoms with E-state index in [2.05, 4.69) is 34.9 Å². The third-order valence-corrected chi connectivity index (χ3v) is 10.0. The van der Waals surface area contributed by atoms with E-state index >= 15 is 0 Å². The molecule has 0 radical (unpaired) electrons. The van der Waals surface area contributed by atoms with Crippen LogP contribution in [-0.2, 0) is 36.7 Å². The lowest BCUT2D eigenvalue weighted by Crippen LogP contribution is -2.62. The van der Waals surface area contributed by atoms with Gasteiger partial charge in [0.05, 0.1) is 18.8 Å². The van der Waals surface area contributed by atoms with E-state index in [1.807, 2.05) is 74.5 Å². The molecule has 6 N–H and O–H groups in total. The predicted molar refractivity (Wildman–Crippen MR) is 217 cm³/mol. The Morgan fingerprint density at radius 2 is 1.41 bits per heavy atom. The summed E-state index contributed by atoms with van der Waals surface area (Å²) < 4.78 is 11.5. The molecule has 1 heterocycles. The van der Waals surface area contributed by atoms with Crippen LogP contribution in [0, 0.1) is 17.2 Å². The van der Waals surface area contributed by atoms with Gasteiger partial charge in [0.2, 0.25) is 18.5 Å². The van der Waals surface area contributed by atoms with E-state index < -0.39 is 24.0 Å². The Bertz CT molecular complexity index is 1760. The van der Waals surface area contributed by atoms with Crippen LogP contribution in [0.25, 0.3) is 0 Å². The van der Waals surface area contributed by atoms with E-state index in [9.17, 15) is 19.2 Å². The van der Waals surface area contributed by atoms with Crippen LogP contribution in [-0.4, -0.2) is 97.8 Å². The van der Waals surface area contributed by atoms with E-state index in [1.54, 1.807) is 24.3 Å². The number of aryl methyl sites for hydroxylation is 1. The first-order valence-corrected chi connectivity index (χ1v) is 19.4. The lowest BCUT2D eigenvalue weighted by molar-refractivity contribution is -0.943. The summed E-state index contributed by atoms with van der Waals surface area (Å²) >= 11 is 0. The molecule has 1 aliphatic heterocycles. The number of nitrogens with two attached hydrogens (primary N) is 1. The van der Waals surface area contributed by atoms with Crippen molar-refractivity contribution in [3.63, 3.8) is 0 Å². The van der Waals surface area contributed by atoms with Gasteiger partial charge in [-0.15, -0.1) is 0 Å². The zero-order valence-electron chi connectivity index (χ0n) is 33.0. The predicted octanol–water partition coefficient (Wildman–Crippen LogP) is 3.99. The number of nitrogens with one attached hydrogen (secondary N) is 4. The number of hydrogen-bond acceptors (Lipinski definition) is 9. The van der Waals surface area contributed by atoms with Gasteiger partial charge in [-0.3, -0.25) is 18.9 Å². The monoisotopic (exact) mass is 768 g/mol. The molecule has 3 atom stereocenters. The fourth-order valence-electron chi connectivity index (χ4n) is 6.66. The van der Waals surface area contributed by atoms with Crippen LogP contribution in [0.2, 0.25) is 0 Å². The fourth-order valence-corrected chi connectivity index (χ4v) is 6.66. The van der Waals surface area contributed by atoms with Gasteiger partial charge in [0.1, 0.15) is 30.9 Å². The van der Waals surface area contributed by atoms with Crippen molar-refractivity contribution in [2.45, 2.75) is 71.5 Å². The number of quaternary nitrogens is 1. The van der Waals surface area contributed by atoms with Gasteiger partial charge in [0, 0.05) is 17.8 Å². The minimum absolute atomic E-state index is 0.0498. The van der Waals surface area contributed by atoms with Gasteiger partial charge < -0.3 is 36.7 Å². The molecule has 56 heavy (non-hydrogen) atoms. The minimum Gasteiger partial charge on any atom is -0.411 e. The third-order valence-electron chi connectivity index (χ3n) is 10.0. The van der Waals surface area contributed by atoms with Gasteiger partial charge in [-0.1, -0.05) is 100 Å². The lowest BCUT2D eigenvalue weighted by Gasteiger charge is -2.39. The molecular formula is C43H58N7O6+. The van der Waals surface area contributed by atoms with Crippen LogP contribution in [0.5, 0.6) is 0 Å².